The van der Waals surface area contributed by atoms with E-state index in [-0.39, 0.29) is 6.04 Å². The highest BCUT2D eigenvalue weighted by molar-refractivity contribution is 6.30. The van der Waals surface area contributed by atoms with Gasteiger partial charge in [0.05, 0.1) is 6.54 Å². The van der Waals surface area contributed by atoms with Crippen LogP contribution in [0.2, 0.25) is 5.02 Å². The molecule has 6 heteroatoms. The SMILES string of the molecule is Cc1cc(O)c(CN(Cc2nnc(-c3ccc(Cl)cc3)o2)C(C)C)cc1C(C)C. The van der Waals surface area contributed by atoms with E-state index in [1.807, 2.05) is 25.1 Å². The van der Waals surface area contributed by atoms with E-state index >= 15 is 0 Å². The molecule has 0 amide bonds. The average Bonchev–Trinajstić information content (AvgIpc) is 3.11. The standard InChI is InChI=1S/C23H28ClN3O2/c1-14(2)20-11-18(21(28)10-16(20)5)12-27(15(3)4)13-22-25-26-23(29-22)17-6-8-19(24)9-7-17/h6-11,14-15,28H,12-13H2,1-5H3. The van der Waals surface area contributed by atoms with Gasteiger partial charge in [-0.25, -0.2) is 0 Å². The van der Waals surface area contributed by atoms with Gasteiger partial charge in [0, 0.05) is 28.7 Å². The molecule has 0 aliphatic rings. The Hall–Kier alpha value is -2.37. The molecule has 29 heavy (non-hydrogen) atoms. The fourth-order valence-electron chi connectivity index (χ4n) is 3.35. The monoisotopic (exact) mass is 413 g/mol. The third-order valence-corrected chi connectivity index (χ3v) is 5.34. The zero-order chi connectivity index (χ0) is 21.1. The first-order chi connectivity index (χ1) is 13.7. The van der Waals surface area contributed by atoms with Gasteiger partial charge in [0.25, 0.3) is 0 Å². The minimum Gasteiger partial charge on any atom is -0.508 e. The lowest BCUT2D eigenvalue weighted by molar-refractivity contribution is 0.182. The van der Waals surface area contributed by atoms with Crippen LogP contribution in [-0.2, 0) is 13.1 Å². The van der Waals surface area contributed by atoms with Crippen LogP contribution in [0.5, 0.6) is 5.75 Å². The van der Waals surface area contributed by atoms with Crippen LogP contribution in [0.25, 0.3) is 11.5 Å². The van der Waals surface area contributed by atoms with Gasteiger partial charge in [-0.3, -0.25) is 4.90 Å². The highest BCUT2D eigenvalue weighted by Crippen LogP contribution is 2.29. The van der Waals surface area contributed by atoms with Crippen molar-refractivity contribution >= 4 is 11.6 Å². The Bertz CT molecular complexity index is 965. The van der Waals surface area contributed by atoms with Crippen LogP contribution >= 0.6 is 11.6 Å². The molecule has 3 aromatic rings. The lowest BCUT2D eigenvalue weighted by Gasteiger charge is -2.26. The molecule has 0 saturated heterocycles. The van der Waals surface area contributed by atoms with Crippen molar-refractivity contribution in [2.24, 2.45) is 0 Å². The van der Waals surface area contributed by atoms with E-state index in [0.29, 0.717) is 41.6 Å². The molecule has 0 fully saturated rings. The summed E-state index contributed by atoms with van der Waals surface area (Å²) in [7, 11) is 0. The molecular formula is C23H28ClN3O2. The largest absolute Gasteiger partial charge is 0.508 e. The maximum atomic E-state index is 10.5. The first-order valence-corrected chi connectivity index (χ1v) is 10.3. The number of nitrogens with zero attached hydrogens (tertiary/aromatic N) is 3. The molecule has 0 radical (unpaired) electrons. The number of aryl methyl sites for hydroxylation is 1. The van der Waals surface area contributed by atoms with Crippen molar-refractivity contribution in [1.82, 2.24) is 15.1 Å². The summed E-state index contributed by atoms with van der Waals surface area (Å²) < 4.78 is 5.87. The lowest BCUT2D eigenvalue weighted by atomic mass is 9.95. The van der Waals surface area contributed by atoms with E-state index < -0.39 is 0 Å². The normalized spacial score (nSPS) is 11.8. The predicted octanol–water partition coefficient (Wildman–Crippen LogP) is 5.94. The van der Waals surface area contributed by atoms with E-state index in [0.717, 1.165) is 16.7 Å². The highest BCUT2D eigenvalue weighted by Gasteiger charge is 2.19. The van der Waals surface area contributed by atoms with Gasteiger partial charge in [-0.1, -0.05) is 31.5 Å². The summed E-state index contributed by atoms with van der Waals surface area (Å²) >= 11 is 5.94. The molecule has 2 aromatic carbocycles. The van der Waals surface area contributed by atoms with Crippen LogP contribution in [0.15, 0.2) is 40.8 Å². The van der Waals surface area contributed by atoms with Crippen LogP contribution in [-0.4, -0.2) is 26.2 Å². The van der Waals surface area contributed by atoms with E-state index in [1.54, 1.807) is 12.1 Å². The topological polar surface area (TPSA) is 62.4 Å². The number of halogens is 1. The van der Waals surface area contributed by atoms with Crippen molar-refractivity contribution in [2.75, 3.05) is 0 Å². The third-order valence-electron chi connectivity index (χ3n) is 5.09. The Labute approximate surface area is 177 Å². The molecule has 0 bridgehead atoms. The predicted molar refractivity (Wildman–Crippen MR) is 116 cm³/mol. The number of rotatable bonds is 7. The van der Waals surface area contributed by atoms with Gasteiger partial charge in [-0.05, 0) is 68.1 Å². The smallest absolute Gasteiger partial charge is 0.247 e. The minimum absolute atomic E-state index is 0.240. The van der Waals surface area contributed by atoms with Crippen LogP contribution in [0.4, 0.5) is 0 Å². The maximum absolute atomic E-state index is 10.5. The number of hydrogen-bond donors (Lipinski definition) is 1. The van der Waals surface area contributed by atoms with Gasteiger partial charge < -0.3 is 9.52 Å². The van der Waals surface area contributed by atoms with Gasteiger partial charge in [-0.15, -0.1) is 10.2 Å². The highest BCUT2D eigenvalue weighted by atomic mass is 35.5. The quantitative estimate of drug-likeness (QED) is 0.519. The van der Waals surface area contributed by atoms with Crippen molar-refractivity contribution in [2.45, 2.75) is 59.7 Å². The third kappa shape index (κ3) is 5.17. The Balaban J connectivity index is 1.80. The second-order valence-electron chi connectivity index (χ2n) is 8.00. The molecular weight excluding hydrogens is 386 g/mol. The van der Waals surface area contributed by atoms with E-state index in [2.05, 4.69) is 48.9 Å². The van der Waals surface area contributed by atoms with E-state index in [4.69, 9.17) is 16.0 Å². The number of phenolic OH excluding ortho intramolecular Hbond substituents is 1. The van der Waals surface area contributed by atoms with Crippen LogP contribution in [0.1, 0.15) is 56.2 Å². The van der Waals surface area contributed by atoms with Crippen LogP contribution < -0.4 is 0 Å². The number of phenols is 1. The average molecular weight is 414 g/mol. The molecule has 0 unspecified atom stereocenters. The Morgan fingerprint density at radius 1 is 1.03 bits per heavy atom. The molecule has 0 saturated carbocycles. The molecule has 0 atom stereocenters. The maximum Gasteiger partial charge on any atom is 0.247 e. The number of aromatic hydroxyl groups is 1. The summed E-state index contributed by atoms with van der Waals surface area (Å²) in [5.74, 6) is 1.74. The summed E-state index contributed by atoms with van der Waals surface area (Å²) in [6.45, 7) is 11.7. The second kappa shape index (κ2) is 8.97. The van der Waals surface area contributed by atoms with Crippen LogP contribution in [0, 0.1) is 6.92 Å². The fraction of sp³-hybridized carbons (Fsp3) is 0.391. The zero-order valence-electron chi connectivity index (χ0n) is 17.6. The molecule has 1 aromatic heterocycles. The van der Waals surface area contributed by atoms with Crippen molar-refractivity contribution in [3.8, 4) is 17.2 Å². The van der Waals surface area contributed by atoms with Crippen molar-refractivity contribution in [1.29, 1.82) is 0 Å². The summed E-state index contributed by atoms with van der Waals surface area (Å²) in [4.78, 5) is 2.20. The summed E-state index contributed by atoms with van der Waals surface area (Å²) in [6.07, 6.45) is 0. The Morgan fingerprint density at radius 2 is 1.72 bits per heavy atom. The van der Waals surface area contributed by atoms with Gasteiger partial charge in [-0.2, -0.15) is 0 Å². The molecule has 5 nitrogen and oxygen atoms in total. The Kier molecular flexibility index (Phi) is 6.60. The van der Waals surface area contributed by atoms with Gasteiger partial charge in [0.15, 0.2) is 0 Å². The lowest BCUT2D eigenvalue weighted by Crippen LogP contribution is -2.30. The van der Waals surface area contributed by atoms with Gasteiger partial charge in [0.1, 0.15) is 5.75 Å². The summed E-state index contributed by atoms with van der Waals surface area (Å²) in [5.41, 5.74) is 4.11. The van der Waals surface area contributed by atoms with Crippen molar-refractivity contribution in [3.63, 3.8) is 0 Å². The van der Waals surface area contributed by atoms with E-state index in [9.17, 15) is 5.11 Å². The second-order valence-corrected chi connectivity index (χ2v) is 8.44. The number of benzene rings is 2. The molecule has 0 spiro atoms. The minimum atomic E-state index is 0.240. The molecule has 154 valence electrons. The summed E-state index contributed by atoms with van der Waals surface area (Å²) in [5, 5.41) is 19.5. The van der Waals surface area contributed by atoms with Crippen molar-refractivity contribution in [3.05, 3.63) is 64.0 Å². The Morgan fingerprint density at radius 3 is 2.34 bits per heavy atom. The zero-order valence-corrected chi connectivity index (χ0v) is 18.4. The molecule has 1 heterocycles. The molecule has 3 rings (SSSR count). The molecule has 0 aliphatic heterocycles. The first-order valence-electron chi connectivity index (χ1n) is 9.89. The van der Waals surface area contributed by atoms with E-state index in [1.165, 1.54) is 5.56 Å². The molecule has 1 N–H and O–H groups in total. The molecule has 0 aliphatic carbocycles. The number of hydrogen-bond acceptors (Lipinski definition) is 5. The van der Waals surface area contributed by atoms with Gasteiger partial charge >= 0.3 is 0 Å². The summed E-state index contributed by atoms with van der Waals surface area (Å²) in [6, 6.07) is 11.5. The van der Waals surface area contributed by atoms with Crippen molar-refractivity contribution < 1.29 is 9.52 Å². The number of aromatic nitrogens is 2. The fourth-order valence-corrected chi connectivity index (χ4v) is 3.47. The van der Waals surface area contributed by atoms with Gasteiger partial charge in [0.2, 0.25) is 11.8 Å². The first kappa shape index (κ1) is 21.3. The van der Waals surface area contributed by atoms with Crippen LogP contribution in [0.3, 0.4) is 0 Å².